The van der Waals surface area contributed by atoms with Gasteiger partial charge in [-0.1, -0.05) is 5.21 Å². The molecule has 0 spiro atoms. The molecular formula is C10H18ClN5O2S. The minimum atomic E-state index is -3.48. The van der Waals surface area contributed by atoms with Gasteiger partial charge in [0.1, 0.15) is 0 Å². The minimum Gasteiger partial charge on any atom is -0.315 e. The van der Waals surface area contributed by atoms with E-state index in [4.69, 9.17) is 0 Å². The molecule has 0 aliphatic carbocycles. The third kappa shape index (κ3) is 2.37. The first-order chi connectivity index (χ1) is 8.60. The lowest BCUT2D eigenvalue weighted by Crippen LogP contribution is -2.43. The van der Waals surface area contributed by atoms with Gasteiger partial charge in [-0.3, -0.25) is 0 Å². The summed E-state index contributed by atoms with van der Waals surface area (Å²) in [5.41, 5.74) is 0. The highest BCUT2D eigenvalue weighted by atomic mass is 35.5. The van der Waals surface area contributed by atoms with Crippen LogP contribution in [0.5, 0.6) is 0 Å². The summed E-state index contributed by atoms with van der Waals surface area (Å²) in [4.78, 5) is 0. The van der Waals surface area contributed by atoms with Gasteiger partial charge in [0, 0.05) is 25.7 Å². The average Bonchev–Trinajstić information content (AvgIpc) is 2.82. The molecule has 9 heteroatoms. The number of aromatic nitrogens is 3. The van der Waals surface area contributed by atoms with Crippen molar-refractivity contribution in [3.8, 4) is 0 Å². The molecule has 0 aromatic carbocycles. The average molecular weight is 308 g/mol. The molecule has 2 unspecified atom stereocenters. The van der Waals surface area contributed by atoms with Crippen LogP contribution >= 0.6 is 12.4 Å². The van der Waals surface area contributed by atoms with E-state index in [9.17, 15) is 8.42 Å². The fourth-order valence-electron chi connectivity index (χ4n) is 2.95. The Hall–Kier alpha value is -0.700. The summed E-state index contributed by atoms with van der Waals surface area (Å²) in [6.45, 7) is 1.62. The molecular weight excluding hydrogens is 290 g/mol. The van der Waals surface area contributed by atoms with E-state index < -0.39 is 10.0 Å². The molecule has 3 heterocycles. The summed E-state index contributed by atoms with van der Waals surface area (Å²) in [5, 5.41) is 10.9. The molecule has 0 saturated carbocycles. The van der Waals surface area contributed by atoms with Gasteiger partial charge in [-0.05, 0) is 25.8 Å². The topological polar surface area (TPSA) is 80.1 Å². The van der Waals surface area contributed by atoms with Crippen LogP contribution in [0.2, 0.25) is 0 Å². The maximum atomic E-state index is 12.7. The van der Waals surface area contributed by atoms with Gasteiger partial charge >= 0.3 is 0 Å². The van der Waals surface area contributed by atoms with E-state index in [2.05, 4.69) is 15.6 Å². The number of hydrogen-bond donors (Lipinski definition) is 1. The zero-order valence-corrected chi connectivity index (χ0v) is 12.3. The van der Waals surface area contributed by atoms with Crippen LogP contribution in [0.1, 0.15) is 19.3 Å². The standard InChI is InChI=1S/C10H17N5O2S.ClH/c1-14-10(7-12-13-14)18(16,17)15-8-2-3-9(15)6-11-5-4-8;/h7-9,11H,2-6H2,1H3;1H. The molecule has 2 aliphatic rings. The quantitative estimate of drug-likeness (QED) is 0.815. The van der Waals surface area contributed by atoms with Gasteiger partial charge in [-0.25, -0.2) is 13.1 Å². The summed E-state index contributed by atoms with van der Waals surface area (Å²) in [6.07, 6.45) is 4.09. The lowest BCUT2D eigenvalue weighted by atomic mass is 10.1. The Kier molecular flexibility index (Phi) is 4.14. The third-order valence-corrected chi connectivity index (χ3v) is 5.85. The van der Waals surface area contributed by atoms with Crippen molar-refractivity contribution in [2.45, 2.75) is 36.4 Å². The molecule has 3 rings (SSSR count). The Morgan fingerprint density at radius 1 is 1.32 bits per heavy atom. The highest BCUT2D eigenvalue weighted by molar-refractivity contribution is 7.89. The largest absolute Gasteiger partial charge is 0.315 e. The van der Waals surface area contributed by atoms with Gasteiger partial charge in [0.2, 0.25) is 0 Å². The summed E-state index contributed by atoms with van der Waals surface area (Å²) in [7, 11) is -1.87. The molecule has 108 valence electrons. The van der Waals surface area contributed by atoms with Gasteiger partial charge in [0.25, 0.3) is 10.0 Å². The van der Waals surface area contributed by atoms with Gasteiger partial charge in [-0.15, -0.1) is 17.5 Å². The first kappa shape index (κ1) is 14.7. The number of rotatable bonds is 2. The van der Waals surface area contributed by atoms with E-state index in [1.165, 1.54) is 10.9 Å². The van der Waals surface area contributed by atoms with Crippen LogP contribution in [0, 0.1) is 0 Å². The molecule has 1 N–H and O–H groups in total. The van der Waals surface area contributed by atoms with Crippen molar-refractivity contribution in [3.63, 3.8) is 0 Å². The van der Waals surface area contributed by atoms with E-state index >= 15 is 0 Å². The Labute approximate surface area is 118 Å². The maximum Gasteiger partial charge on any atom is 0.262 e. The smallest absolute Gasteiger partial charge is 0.262 e. The monoisotopic (exact) mass is 307 g/mol. The van der Waals surface area contributed by atoms with Crippen LogP contribution < -0.4 is 5.32 Å². The van der Waals surface area contributed by atoms with Crippen LogP contribution in [-0.4, -0.2) is 52.9 Å². The van der Waals surface area contributed by atoms with Crippen molar-refractivity contribution in [1.29, 1.82) is 0 Å². The van der Waals surface area contributed by atoms with Crippen molar-refractivity contribution < 1.29 is 8.42 Å². The lowest BCUT2D eigenvalue weighted by Gasteiger charge is -2.26. The normalized spacial score (nSPS) is 27.8. The zero-order chi connectivity index (χ0) is 12.8. The van der Waals surface area contributed by atoms with Crippen LogP contribution in [0.25, 0.3) is 0 Å². The Morgan fingerprint density at radius 3 is 2.74 bits per heavy atom. The van der Waals surface area contributed by atoms with E-state index in [-0.39, 0.29) is 29.5 Å². The SMILES string of the molecule is Cl.Cn1nncc1S(=O)(=O)N1C2CCNCC1CC2. The molecule has 2 fully saturated rings. The molecule has 2 aliphatic heterocycles. The summed E-state index contributed by atoms with van der Waals surface area (Å²) < 4.78 is 28.4. The Bertz CT molecular complexity index is 532. The second-order valence-corrected chi connectivity index (χ2v) is 6.70. The van der Waals surface area contributed by atoms with Crippen LogP contribution in [0.4, 0.5) is 0 Å². The van der Waals surface area contributed by atoms with Crippen molar-refractivity contribution in [2.24, 2.45) is 7.05 Å². The van der Waals surface area contributed by atoms with Crippen molar-refractivity contribution in [1.82, 2.24) is 24.6 Å². The van der Waals surface area contributed by atoms with E-state index in [1.807, 2.05) is 0 Å². The van der Waals surface area contributed by atoms with Crippen LogP contribution in [0.3, 0.4) is 0 Å². The number of fused-ring (bicyclic) bond motifs is 2. The van der Waals surface area contributed by atoms with Crippen LogP contribution in [0.15, 0.2) is 11.2 Å². The maximum absolute atomic E-state index is 12.7. The van der Waals surface area contributed by atoms with Crippen molar-refractivity contribution in [3.05, 3.63) is 6.20 Å². The van der Waals surface area contributed by atoms with Crippen molar-refractivity contribution in [2.75, 3.05) is 13.1 Å². The second kappa shape index (κ2) is 5.35. The van der Waals surface area contributed by atoms with Crippen LogP contribution in [-0.2, 0) is 17.1 Å². The Morgan fingerprint density at radius 2 is 2.05 bits per heavy atom. The molecule has 1 aromatic rings. The number of aryl methyl sites for hydroxylation is 1. The third-order valence-electron chi connectivity index (χ3n) is 3.80. The molecule has 0 radical (unpaired) electrons. The van der Waals surface area contributed by atoms with Crippen molar-refractivity contribution >= 4 is 22.4 Å². The molecule has 2 atom stereocenters. The Balaban J connectivity index is 0.00000133. The first-order valence-electron chi connectivity index (χ1n) is 6.19. The number of hydrogen-bond acceptors (Lipinski definition) is 5. The molecule has 1 aromatic heterocycles. The summed E-state index contributed by atoms with van der Waals surface area (Å²) in [6, 6.07) is 0.183. The zero-order valence-electron chi connectivity index (χ0n) is 10.7. The lowest BCUT2D eigenvalue weighted by molar-refractivity contribution is 0.331. The van der Waals surface area contributed by atoms with Gasteiger partial charge in [0.05, 0.1) is 6.20 Å². The number of sulfonamides is 1. The number of nitrogens with zero attached hydrogens (tertiary/aromatic N) is 4. The summed E-state index contributed by atoms with van der Waals surface area (Å²) >= 11 is 0. The number of nitrogens with one attached hydrogen (secondary N) is 1. The first-order valence-corrected chi connectivity index (χ1v) is 7.63. The molecule has 2 bridgehead atoms. The van der Waals surface area contributed by atoms with E-state index in [1.54, 1.807) is 11.4 Å². The minimum absolute atomic E-state index is 0. The highest BCUT2D eigenvalue weighted by Gasteiger charge is 2.44. The molecule has 2 saturated heterocycles. The molecule has 19 heavy (non-hydrogen) atoms. The molecule has 0 amide bonds. The predicted octanol–water partition coefficient (Wildman–Crippen LogP) is -0.248. The van der Waals surface area contributed by atoms with Gasteiger partial charge in [-0.2, -0.15) is 4.31 Å². The van der Waals surface area contributed by atoms with E-state index in [0.717, 1.165) is 32.4 Å². The molecule has 7 nitrogen and oxygen atoms in total. The summed E-state index contributed by atoms with van der Waals surface area (Å²) in [5.74, 6) is 0. The predicted molar refractivity (Wildman–Crippen MR) is 71.6 cm³/mol. The fraction of sp³-hybridized carbons (Fsp3) is 0.800. The van der Waals surface area contributed by atoms with E-state index in [0.29, 0.717) is 0 Å². The highest BCUT2D eigenvalue weighted by Crippen LogP contribution is 2.33. The number of halogens is 1. The van der Waals surface area contributed by atoms with Gasteiger partial charge < -0.3 is 5.32 Å². The fourth-order valence-corrected chi connectivity index (χ4v) is 4.90. The van der Waals surface area contributed by atoms with Gasteiger partial charge in [0.15, 0.2) is 5.03 Å². The second-order valence-electron chi connectivity index (χ2n) is 4.91.